The highest BCUT2D eigenvalue weighted by atomic mass is 35.5. The molecule has 7 nitrogen and oxygen atoms in total. The van der Waals surface area contributed by atoms with Gasteiger partial charge >= 0.3 is 0 Å². The molecule has 0 spiro atoms. The van der Waals surface area contributed by atoms with Crippen molar-refractivity contribution in [3.63, 3.8) is 0 Å². The number of sulfonamides is 1. The third kappa shape index (κ3) is 6.47. The number of benzene rings is 2. The monoisotopic (exact) mass is 535 g/mol. The number of ether oxygens (including phenoxy) is 1. The maximum absolute atomic E-state index is 12.7. The minimum absolute atomic E-state index is 0.0791. The van der Waals surface area contributed by atoms with E-state index in [1.807, 2.05) is 12.1 Å². The molecule has 1 heterocycles. The molecular formula is C25H27Cl2N3O4S. The largest absolute Gasteiger partial charge is 0.490 e. The number of rotatable bonds is 6. The fraction of sp³-hybridized carbons (Fsp3) is 0.440. The summed E-state index contributed by atoms with van der Waals surface area (Å²) in [6, 6.07) is 13.2. The highest BCUT2D eigenvalue weighted by Gasteiger charge is 2.33. The molecule has 10 heteroatoms. The first-order valence-electron chi connectivity index (χ1n) is 11.7. The lowest BCUT2D eigenvalue weighted by Crippen LogP contribution is -2.46. The highest BCUT2D eigenvalue weighted by molar-refractivity contribution is 7.90. The maximum atomic E-state index is 12.7. The number of halogens is 2. The van der Waals surface area contributed by atoms with Crippen molar-refractivity contribution in [2.24, 2.45) is 5.92 Å². The third-order valence-electron chi connectivity index (χ3n) is 6.76. The number of amides is 1. The zero-order valence-electron chi connectivity index (χ0n) is 19.1. The molecule has 2 fully saturated rings. The number of carbonyl (C=O) groups is 1. The summed E-state index contributed by atoms with van der Waals surface area (Å²) in [5.74, 6) is -0.0890. The first kappa shape index (κ1) is 25.8. The van der Waals surface area contributed by atoms with Gasteiger partial charge in [0.2, 0.25) is 5.91 Å². The van der Waals surface area contributed by atoms with Gasteiger partial charge in [-0.3, -0.25) is 4.79 Å². The Bertz CT molecular complexity index is 1220. The maximum Gasteiger partial charge on any atom is 0.264 e. The van der Waals surface area contributed by atoms with Gasteiger partial charge in [-0.2, -0.15) is 5.26 Å². The van der Waals surface area contributed by atoms with E-state index in [1.54, 1.807) is 12.1 Å². The first-order valence-corrected chi connectivity index (χ1v) is 13.9. The molecule has 2 aliphatic rings. The summed E-state index contributed by atoms with van der Waals surface area (Å²) >= 11 is 12.0. The molecule has 0 bridgehead atoms. The number of carbonyl (C=O) groups excluding carboxylic acids is 1. The number of piperidine rings is 1. The van der Waals surface area contributed by atoms with Crippen LogP contribution in [0.1, 0.15) is 44.1 Å². The Morgan fingerprint density at radius 2 is 1.71 bits per heavy atom. The second-order valence-corrected chi connectivity index (χ2v) is 11.5. The summed E-state index contributed by atoms with van der Waals surface area (Å²) in [6.45, 7) is 1.83. The zero-order valence-corrected chi connectivity index (χ0v) is 21.5. The van der Waals surface area contributed by atoms with Gasteiger partial charge in [0, 0.05) is 31.1 Å². The van der Waals surface area contributed by atoms with Gasteiger partial charge < -0.3 is 9.64 Å². The van der Waals surface area contributed by atoms with Crippen molar-refractivity contribution in [3.05, 3.63) is 58.1 Å². The second kappa shape index (κ2) is 11.2. The summed E-state index contributed by atoms with van der Waals surface area (Å²) in [7, 11) is -4.00. The fourth-order valence-corrected chi connectivity index (χ4v) is 6.19. The molecule has 0 radical (unpaired) electrons. The third-order valence-corrected chi connectivity index (χ3v) is 8.85. The Balaban J connectivity index is 1.24. The van der Waals surface area contributed by atoms with E-state index >= 15 is 0 Å². The van der Waals surface area contributed by atoms with Crippen LogP contribution in [0.3, 0.4) is 0 Å². The van der Waals surface area contributed by atoms with E-state index in [4.69, 9.17) is 33.2 Å². The predicted molar refractivity (Wildman–Crippen MR) is 134 cm³/mol. The fourth-order valence-electron chi connectivity index (χ4n) is 4.81. The molecule has 0 aromatic heterocycles. The summed E-state index contributed by atoms with van der Waals surface area (Å²) in [5.41, 5.74) is 0.229. The van der Waals surface area contributed by atoms with Gasteiger partial charge in [-0.25, -0.2) is 13.1 Å². The van der Waals surface area contributed by atoms with Crippen LogP contribution in [0.5, 0.6) is 5.75 Å². The van der Waals surface area contributed by atoms with E-state index in [0.717, 1.165) is 44.5 Å². The van der Waals surface area contributed by atoms with E-state index in [-0.39, 0.29) is 22.5 Å². The Hall–Kier alpha value is -2.31. The number of nitrogens with zero attached hydrogens (tertiary/aromatic N) is 2. The van der Waals surface area contributed by atoms with Crippen molar-refractivity contribution in [2.75, 3.05) is 13.1 Å². The average Bonchev–Trinajstić information content (AvgIpc) is 2.86. The molecule has 1 aliphatic heterocycles. The summed E-state index contributed by atoms with van der Waals surface area (Å²) in [6.07, 6.45) is 4.91. The van der Waals surface area contributed by atoms with Crippen LogP contribution in [0.15, 0.2) is 47.4 Å². The molecule has 0 atom stereocenters. The van der Waals surface area contributed by atoms with Crippen LogP contribution in [0.4, 0.5) is 0 Å². The molecule has 2 aromatic rings. The summed E-state index contributed by atoms with van der Waals surface area (Å²) < 4.78 is 33.4. The SMILES string of the molecule is N#Cc1cccc(S(=O)(=O)NC(=O)[C@H]2CC[C@H](N3CCC(Oc4ccc(Cl)c(Cl)c4)CC3)CC2)c1. The summed E-state index contributed by atoms with van der Waals surface area (Å²) in [5, 5.41) is 9.97. The van der Waals surface area contributed by atoms with Crippen LogP contribution < -0.4 is 9.46 Å². The minimum Gasteiger partial charge on any atom is -0.490 e. The molecule has 2 aromatic carbocycles. The van der Waals surface area contributed by atoms with Crippen LogP contribution in [0, 0.1) is 17.2 Å². The van der Waals surface area contributed by atoms with Gasteiger partial charge in [0.15, 0.2) is 0 Å². The molecule has 1 saturated carbocycles. The Morgan fingerprint density at radius 1 is 1.00 bits per heavy atom. The molecular weight excluding hydrogens is 509 g/mol. The molecule has 1 saturated heterocycles. The van der Waals surface area contributed by atoms with Gasteiger partial charge in [0.05, 0.1) is 26.6 Å². The van der Waals surface area contributed by atoms with Gasteiger partial charge in [-0.1, -0.05) is 29.3 Å². The minimum atomic E-state index is -4.00. The van der Waals surface area contributed by atoms with Crippen LogP contribution in [-0.2, 0) is 14.8 Å². The number of nitriles is 1. The van der Waals surface area contributed by atoms with E-state index in [2.05, 4.69) is 9.62 Å². The average molecular weight is 536 g/mol. The van der Waals surface area contributed by atoms with Gasteiger partial charge in [-0.15, -0.1) is 0 Å². The van der Waals surface area contributed by atoms with E-state index in [0.29, 0.717) is 28.9 Å². The van der Waals surface area contributed by atoms with Crippen molar-refractivity contribution < 1.29 is 17.9 Å². The van der Waals surface area contributed by atoms with Crippen LogP contribution in [-0.4, -0.2) is 44.5 Å². The Labute approximate surface area is 216 Å². The lowest BCUT2D eigenvalue weighted by atomic mass is 9.84. The topological polar surface area (TPSA) is 99.5 Å². The van der Waals surface area contributed by atoms with E-state index < -0.39 is 15.9 Å². The first-order chi connectivity index (χ1) is 16.7. The van der Waals surface area contributed by atoms with Crippen molar-refractivity contribution >= 4 is 39.1 Å². The predicted octanol–water partition coefficient (Wildman–Crippen LogP) is 4.77. The van der Waals surface area contributed by atoms with Crippen LogP contribution >= 0.6 is 23.2 Å². The molecule has 186 valence electrons. The quantitative estimate of drug-likeness (QED) is 0.571. The van der Waals surface area contributed by atoms with E-state index in [1.165, 1.54) is 24.3 Å². The molecule has 1 N–H and O–H groups in total. The second-order valence-electron chi connectivity index (χ2n) is 9.04. The van der Waals surface area contributed by atoms with Crippen LogP contribution in [0.2, 0.25) is 10.0 Å². The van der Waals surface area contributed by atoms with Gasteiger partial charge in [0.1, 0.15) is 11.9 Å². The smallest absolute Gasteiger partial charge is 0.264 e. The van der Waals surface area contributed by atoms with Gasteiger partial charge in [-0.05, 0) is 68.9 Å². The van der Waals surface area contributed by atoms with Crippen LogP contribution in [0.25, 0.3) is 0 Å². The molecule has 4 rings (SSSR count). The van der Waals surface area contributed by atoms with E-state index in [9.17, 15) is 13.2 Å². The normalized spacial score (nSPS) is 21.7. The molecule has 0 unspecified atom stereocenters. The number of nitrogens with one attached hydrogen (secondary N) is 1. The Kier molecular flexibility index (Phi) is 8.23. The van der Waals surface area contributed by atoms with Crippen molar-refractivity contribution in [2.45, 2.75) is 55.6 Å². The standard InChI is InChI=1S/C25H27Cl2N3O4S/c26-23-9-8-21(15-24(23)27)34-20-10-12-30(13-11-20)19-6-4-18(5-7-19)25(31)29-35(32,33)22-3-1-2-17(14-22)16-28/h1-3,8-9,14-15,18-20H,4-7,10-13H2,(H,29,31)/t18-,19-. The van der Waals surface area contributed by atoms with Gasteiger partial charge in [0.25, 0.3) is 10.0 Å². The highest BCUT2D eigenvalue weighted by Crippen LogP contribution is 2.32. The lowest BCUT2D eigenvalue weighted by molar-refractivity contribution is -0.124. The molecule has 35 heavy (non-hydrogen) atoms. The number of hydrogen-bond acceptors (Lipinski definition) is 6. The number of likely N-dealkylation sites (tertiary alicyclic amines) is 1. The van der Waals surface area contributed by atoms with Crippen molar-refractivity contribution in [1.82, 2.24) is 9.62 Å². The summed E-state index contributed by atoms with van der Waals surface area (Å²) in [4.78, 5) is 15.1. The molecule has 1 amide bonds. The van der Waals surface area contributed by atoms with Crippen molar-refractivity contribution in [1.29, 1.82) is 5.26 Å². The Morgan fingerprint density at radius 3 is 2.37 bits per heavy atom. The van der Waals surface area contributed by atoms with Crippen molar-refractivity contribution in [3.8, 4) is 11.8 Å². The molecule has 1 aliphatic carbocycles. The lowest BCUT2D eigenvalue weighted by Gasteiger charge is -2.40. The number of hydrogen-bond donors (Lipinski definition) is 1. The zero-order chi connectivity index (χ0) is 25.0.